The minimum atomic E-state index is -0.149. The van der Waals surface area contributed by atoms with E-state index in [4.69, 9.17) is 5.73 Å². The molecule has 0 fully saturated rings. The molecular weight excluding hydrogens is 392 g/mol. The fraction of sp³-hybridized carbons (Fsp3) is 0.211. The molecule has 0 bridgehead atoms. The Hall–Kier alpha value is -2.96. The summed E-state index contributed by atoms with van der Waals surface area (Å²) in [7, 11) is 0. The van der Waals surface area contributed by atoms with E-state index in [1.807, 2.05) is 5.38 Å². The Labute approximate surface area is 171 Å². The molecule has 0 saturated carbocycles. The van der Waals surface area contributed by atoms with Gasteiger partial charge >= 0.3 is 0 Å². The van der Waals surface area contributed by atoms with Crippen molar-refractivity contribution in [2.75, 3.05) is 11.1 Å². The Morgan fingerprint density at radius 2 is 2.04 bits per heavy atom. The minimum absolute atomic E-state index is 0.147. The number of nitrogens with one attached hydrogen (secondary N) is 1. The maximum Gasteiger partial charge on any atom is 0.221 e. The molecule has 0 aliphatic rings. The number of aryl methyl sites for hydroxylation is 1. The van der Waals surface area contributed by atoms with Crippen LogP contribution in [-0.4, -0.2) is 20.9 Å². The predicted octanol–water partition coefficient (Wildman–Crippen LogP) is 3.87. The standard InChI is InChI=1S/C19H18N6OS2/c1-3-16-23-14(9-27-16)10-28-19-24-17(15(8-20)18(21)25-19)12-4-6-13(7-5-12)22-11(2)26/h4-7,9H,3,10H2,1-2H3,(H,22,26)(H2,21,24,25). The number of nitrogens with two attached hydrogens (primary N) is 1. The molecule has 2 aromatic heterocycles. The highest BCUT2D eigenvalue weighted by Crippen LogP contribution is 2.29. The van der Waals surface area contributed by atoms with Crippen molar-refractivity contribution >= 4 is 40.5 Å². The molecule has 142 valence electrons. The molecule has 9 heteroatoms. The maximum absolute atomic E-state index is 11.2. The van der Waals surface area contributed by atoms with Crippen LogP contribution in [0.4, 0.5) is 11.5 Å². The molecule has 1 aromatic carbocycles. The highest BCUT2D eigenvalue weighted by molar-refractivity contribution is 7.98. The van der Waals surface area contributed by atoms with Crippen molar-refractivity contribution in [2.24, 2.45) is 0 Å². The number of carbonyl (C=O) groups is 1. The Balaban J connectivity index is 1.87. The molecular formula is C19H18N6OS2. The fourth-order valence-corrected chi connectivity index (χ4v) is 4.07. The van der Waals surface area contributed by atoms with E-state index in [9.17, 15) is 10.1 Å². The van der Waals surface area contributed by atoms with Crippen molar-refractivity contribution in [3.05, 3.63) is 45.9 Å². The van der Waals surface area contributed by atoms with Crippen molar-refractivity contribution < 1.29 is 4.79 Å². The van der Waals surface area contributed by atoms with Crippen LogP contribution < -0.4 is 11.1 Å². The number of benzene rings is 1. The zero-order chi connectivity index (χ0) is 20.1. The molecule has 7 nitrogen and oxygen atoms in total. The van der Waals surface area contributed by atoms with Gasteiger partial charge in [-0.2, -0.15) is 5.26 Å². The first kappa shape index (κ1) is 19.8. The molecule has 0 unspecified atom stereocenters. The summed E-state index contributed by atoms with van der Waals surface area (Å²) in [5.74, 6) is 0.625. The van der Waals surface area contributed by atoms with Gasteiger partial charge in [0.15, 0.2) is 5.16 Å². The molecule has 2 heterocycles. The van der Waals surface area contributed by atoms with Crippen molar-refractivity contribution in [3.8, 4) is 17.3 Å². The van der Waals surface area contributed by atoms with E-state index in [0.29, 0.717) is 22.3 Å². The highest BCUT2D eigenvalue weighted by atomic mass is 32.2. The second-order valence-electron chi connectivity index (χ2n) is 5.86. The van der Waals surface area contributed by atoms with E-state index in [0.717, 1.165) is 22.7 Å². The third kappa shape index (κ3) is 4.65. The third-order valence-electron chi connectivity index (χ3n) is 3.76. The molecule has 3 rings (SSSR count). The van der Waals surface area contributed by atoms with Gasteiger partial charge in [-0.25, -0.2) is 15.0 Å². The van der Waals surface area contributed by atoms with Gasteiger partial charge < -0.3 is 11.1 Å². The van der Waals surface area contributed by atoms with Crippen molar-refractivity contribution in [3.63, 3.8) is 0 Å². The number of nitrogen functional groups attached to an aromatic ring is 1. The van der Waals surface area contributed by atoms with E-state index in [-0.39, 0.29) is 17.3 Å². The summed E-state index contributed by atoms with van der Waals surface area (Å²) in [5.41, 5.74) is 9.07. The van der Waals surface area contributed by atoms with Crippen LogP contribution in [-0.2, 0) is 17.0 Å². The lowest BCUT2D eigenvalue weighted by Crippen LogP contribution is -2.05. The van der Waals surface area contributed by atoms with E-state index in [1.165, 1.54) is 18.7 Å². The van der Waals surface area contributed by atoms with Gasteiger partial charge in [0.1, 0.15) is 17.5 Å². The van der Waals surface area contributed by atoms with Crippen LogP contribution in [0.2, 0.25) is 0 Å². The first-order valence-electron chi connectivity index (χ1n) is 8.51. The first-order valence-corrected chi connectivity index (χ1v) is 10.4. The number of amides is 1. The molecule has 3 aromatic rings. The zero-order valence-electron chi connectivity index (χ0n) is 15.4. The molecule has 0 spiro atoms. The van der Waals surface area contributed by atoms with Gasteiger partial charge in [-0.05, 0) is 18.6 Å². The summed E-state index contributed by atoms with van der Waals surface area (Å²) in [5, 5.41) is 15.8. The monoisotopic (exact) mass is 410 g/mol. The molecule has 3 N–H and O–H groups in total. The summed E-state index contributed by atoms with van der Waals surface area (Å²) in [6, 6.07) is 9.17. The molecule has 1 amide bonds. The van der Waals surface area contributed by atoms with Crippen LogP contribution >= 0.6 is 23.1 Å². The number of thiazole rings is 1. The number of rotatable bonds is 6. The maximum atomic E-state index is 11.2. The molecule has 0 atom stereocenters. The van der Waals surface area contributed by atoms with Crippen LogP contribution in [0.25, 0.3) is 11.3 Å². The summed E-state index contributed by atoms with van der Waals surface area (Å²) in [6.07, 6.45) is 0.911. The van der Waals surface area contributed by atoms with Gasteiger partial charge in [-0.1, -0.05) is 30.8 Å². The first-order chi connectivity index (χ1) is 13.5. The van der Waals surface area contributed by atoms with Crippen LogP contribution in [0.3, 0.4) is 0 Å². The van der Waals surface area contributed by atoms with E-state index < -0.39 is 0 Å². The van der Waals surface area contributed by atoms with Crippen LogP contribution in [0.1, 0.15) is 30.1 Å². The van der Waals surface area contributed by atoms with Crippen molar-refractivity contribution in [1.29, 1.82) is 5.26 Å². The normalized spacial score (nSPS) is 10.5. The highest BCUT2D eigenvalue weighted by Gasteiger charge is 2.15. The van der Waals surface area contributed by atoms with Crippen LogP contribution in [0.15, 0.2) is 34.8 Å². The average Bonchev–Trinajstić information content (AvgIpc) is 3.14. The van der Waals surface area contributed by atoms with Crippen molar-refractivity contribution in [2.45, 2.75) is 31.2 Å². The van der Waals surface area contributed by atoms with Gasteiger partial charge in [0.2, 0.25) is 5.91 Å². The number of carbonyl (C=O) groups excluding carboxylic acids is 1. The number of anilines is 2. The Bertz CT molecular complexity index is 1040. The van der Waals surface area contributed by atoms with Gasteiger partial charge in [-0.15, -0.1) is 11.3 Å². The Morgan fingerprint density at radius 3 is 2.64 bits per heavy atom. The number of nitriles is 1. The third-order valence-corrected chi connectivity index (χ3v) is 5.68. The number of nitrogens with zero attached hydrogens (tertiary/aromatic N) is 4. The second kappa shape index (κ2) is 8.82. The number of hydrogen-bond acceptors (Lipinski definition) is 8. The van der Waals surface area contributed by atoms with Crippen molar-refractivity contribution in [1.82, 2.24) is 15.0 Å². The molecule has 28 heavy (non-hydrogen) atoms. The number of thioether (sulfide) groups is 1. The van der Waals surface area contributed by atoms with Gasteiger partial charge in [-0.3, -0.25) is 4.79 Å². The summed E-state index contributed by atoms with van der Waals surface area (Å²) < 4.78 is 0. The average molecular weight is 411 g/mol. The topological polar surface area (TPSA) is 118 Å². The second-order valence-corrected chi connectivity index (χ2v) is 7.75. The SMILES string of the molecule is CCc1nc(CSc2nc(N)c(C#N)c(-c3ccc(NC(C)=O)cc3)n2)cs1. The van der Waals surface area contributed by atoms with E-state index >= 15 is 0 Å². The quantitative estimate of drug-likeness (QED) is 0.468. The van der Waals surface area contributed by atoms with Gasteiger partial charge in [0.05, 0.1) is 16.4 Å². The summed E-state index contributed by atoms with van der Waals surface area (Å²) in [6.45, 7) is 3.52. The predicted molar refractivity (Wildman–Crippen MR) is 112 cm³/mol. The molecule has 0 aliphatic carbocycles. The Kier molecular flexibility index (Phi) is 6.23. The largest absolute Gasteiger partial charge is 0.382 e. The van der Waals surface area contributed by atoms with Gasteiger partial charge in [0.25, 0.3) is 0 Å². The zero-order valence-corrected chi connectivity index (χ0v) is 17.0. The fourth-order valence-electron chi connectivity index (χ4n) is 2.47. The lowest BCUT2D eigenvalue weighted by Gasteiger charge is -2.09. The van der Waals surface area contributed by atoms with E-state index in [1.54, 1.807) is 35.6 Å². The number of hydrogen-bond donors (Lipinski definition) is 2. The number of aromatic nitrogens is 3. The van der Waals surface area contributed by atoms with Gasteiger partial charge in [0, 0.05) is 29.3 Å². The lowest BCUT2D eigenvalue weighted by atomic mass is 10.1. The smallest absolute Gasteiger partial charge is 0.221 e. The molecule has 0 radical (unpaired) electrons. The summed E-state index contributed by atoms with van der Waals surface area (Å²) >= 11 is 3.06. The van der Waals surface area contributed by atoms with E-state index in [2.05, 4.69) is 33.3 Å². The minimum Gasteiger partial charge on any atom is -0.382 e. The molecule has 0 aliphatic heterocycles. The lowest BCUT2D eigenvalue weighted by molar-refractivity contribution is -0.114. The molecule has 0 saturated heterocycles. The Morgan fingerprint density at radius 1 is 1.29 bits per heavy atom. The van der Waals surface area contributed by atoms with Crippen LogP contribution in [0, 0.1) is 11.3 Å². The van der Waals surface area contributed by atoms with Crippen LogP contribution in [0.5, 0.6) is 0 Å². The summed E-state index contributed by atoms with van der Waals surface area (Å²) in [4.78, 5) is 24.5.